The highest BCUT2D eigenvalue weighted by Crippen LogP contribution is 2.29. The van der Waals surface area contributed by atoms with Gasteiger partial charge in [0.1, 0.15) is 0 Å². The van der Waals surface area contributed by atoms with E-state index in [1.807, 2.05) is 0 Å². The molecule has 0 aromatic rings. The van der Waals surface area contributed by atoms with Gasteiger partial charge in [0.05, 0.1) is 0 Å². The molecule has 4 nitrogen and oxygen atoms in total. The van der Waals surface area contributed by atoms with E-state index in [0.29, 0.717) is 11.9 Å². The molecule has 3 atom stereocenters. The van der Waals surface area contributed by atoms with Gasteiger partial charge >= 0.3 is 0 Å². The molecule has 21 heavy (non-hydrogen) atoms. The number of nitrogens with one attached hydrogen (secondary N) is 1. The molecule has 3 saturated heterocycles. The summed E-state index contributed by atoms with van der Waals surface area (Å²) >= 11 is 0. The maximum atomic E-state index is 12.4. The molecule has 1 N–H and O–H groups in total. The van der Waals surface area contributed by atoms with Gasteiger partial charge in [0.15, 0.2) is 0 Å². The number of piperidine rings is 2. The maximum Gasteiger partial charge on any atom is 0.222 e. The minimum Gasteiger partial charge on any atom is -0.342 e. The van der Waals surface area contributed by atoms with Crippen LogP contribution in [0.2, 0.25) is 0 Å². The lowest BCUT2D eigenvalue weighted by molar-refractivity contribution is -0.134. The van der Waals surface area contributed by atoms with Crippen LogP contribution < -0.4 is 5.32 Å². The fraction of sp³-hybridized carbons (Fsp3) is 0.938. The van der Waals surface area contributed by atoms with Gasteiger partial charge in [-0.1, -0.05) is 0 Å². The molecule has 0 spiro atoms. The summed E-state index contributed by atoms with van der Waals surface area (Å²) in [5.41, 5.74) is 0. The van der Waals surface area contributed by atoms with Crippen LogP contribution in [0, 0.1) is 5.92 Å². The summed E-state index contributed by atoms with van der Waals surface area (Å²) in [5.74, 6) is 1.11. The number of hydrogen-bond acceptors (Lipinski definition) is 3. The SMILES string of the molecule is CN1CCCC2CN(C(=O)CCC3CCCN3)CCC21.Cl. The van der Waals surface area contributed by atoms with Gasteiger partial charge in [0, 0.05) is 31.6 Å². The Balaban J connectivity index is 0.00000161. The number of fused-ring (bicyclic) bond motifs is 1. The predicted octanol–water partition coefficient (Wildman–Crippen LogP) is 1.88. The summed E-state index contributed by atoms with van der Waals surface area (Å²) in [6.07, 6.45) is 8.08. The van der Waals surface area contributed by atoms with E-state index in [-0.39, 0.29) is 12.4 Å². The van der Waals surface area contributed by atoms with E-state index in [0.717, 1.165) is 44.4 Å². The van der Waals surface area contributed by atoms with Crippen molar-refractivity contribution < 1.29 is 4.79 Å². The van der Waals surface area contributed by atoms with Crippen molar-refractivity contribution in [2.75, 3.05) is 33.2 Å². The van der Waals surface area contributed by atoms with Gasteiger partial charge in [-0.25, -0.2) is 0 Å². The topological polar surface area (TPSA) is 35.6 Å². The molecule has 3 unspecified atom stereocenters. The Morgan fingerprint density at radius 3 is 2.81 bits per heavy atom. The molecule has 3 heterocycles. The van der Waals surface area contributed by atoms with Gasteiger partial charge < -0.3 is 15.1 Å². The van der Waals surface area contributed by atoms with Crippen LogP contribution >= 0.6 is 12.4 Å². The van der Waals surface area contributed by atoms with Crippen LogP contribution in [-0.4, -0.2) is 61.0 Å². The van der Waals surface area contributed by atoms with Gasteiger partial charge in [-0.3, -0.25) is 4.79 Å². The fourth-order valence-electron chi connectivity index (χ4n) is 4.34. The van der Waals surface area contributed by atoms with E-state index in [9.17, 15) is 4.79 Å². The largest absolute Gasteiger partial charge is 0.342 e. The smallest absolute Gasteiger partial charge is 0.222 e. The number of amides is 1. The fourth-order valence-corrected chi connectivity index (χ4v) is 4.34. The first-order valence-corrected chi connectivity index (χ1v) is 8.45. The van der Waals surface area contributed by atoms with Crippen molar-refractivity contribution in [3.8, 4) is 0 Å². The van der Waals surface area contributed by atoms with Gasteiger partial charge in [0.2, 0.25) is 5.91 Å². The van der Waals surface area contributed by atoms with Crippen LogP contribution in [0.1, 0.15) is 44.9 Å². The predicted molar refractivity (Wildman–Crippen MR) is 87.8 cm³/mol. The Bertz CT molecular complexity index is 346. The summed E-state index contributed by atoms with van der Waals surface area (Å²) in [4.78, 5) is 17.1. The molecule has 3 fully saturated rings. The van der Waals surface area contributed by atoms with Crippen LogP contribution in [0.25, 0.3) is 0 Å². The van der Waals surface area contributed by atoms with E-state index < -0.39 is 0 Å². The van der Waals surface area contributed by atoms with Gasteiger partial charge in [-0.15, -0.1) is 12.4 Å². The second-order valence-electron chi connectivity index (χ2n) is 6.91. The molecular formula is C16H30ClN3O. The highest BCUT2D eigenvalue weighted by molar-refractivity contribution is 5.85. The molecule has 3 aliphatic rings. The van der Waals surface area contributed by atoms with Crippen molar-refractivity contribution in [1.29, 1.82) is 0 Å². The number of nitrogens with zero attached hydrogens (tertiary/aromatic N) is 2. The van der Waals surface area contributed by atoms with Crippen molar-refractivity contribution in [2.24, 2.45) is 5.92 Å². The van der Waals surface area contributed by atoms with Crippen LogP contribution in [0.15, 0.2) is 0 Å². The molecule has 0 radical (unpaired) electrons. The summed E-state index contributed by atoms with van der Waals surface area (Å²) in [5, 5.41) is 3.49. The minimum atomic E-state index is 0. The van der Waals surface area contributed by atoms with E-state index in [1.54, 1.807) is 0 Å². The van der Waals surface area contributed by atoms with Crippen LogP contribution in [-0.2, 0) is 4.79 Å². The van der Waals surface area contributed by atoms with Crippen molar-refractivity contribution in [1.82, 2.24) is 15.1 Å². The molecule has 0 aromatic carbocycles. The first kappa shape index (κ1) is 17.0. The summed E-state index contributed by atoms with van der Waals surface area (Å²) in [6, 6.07) is 1.32. The highest BCUT2D eigenvalue weighted by Gasteiger charge is 2.35. The normalized spacial score (nSPS) is 33.4. The lowest BCUT2D eigenvalue weighted by atomic mass is 9.84. The molecule has 3 rings (SSSR count). The van der Waals surface area contributed by atoms with Gasteiger partial charge in [-0.2, -0.15) is 0 Å². The van der Waals surface area contributed by atoms with Crippen molar-refractivity contribution in [3.05, 3.63) is 0 Å². The Morgan fingerprint density at radius 2 is 2.05 bits per heavy atom. The third-order valence-corrected chi connectivity index (χ3v) is 5.57. The van der Waals surface area contributed by atoms with E-state index in [2.05, 4.69) is 22.2 Å². The molecule has 5 heteroatoms. The second kappa shape index (κ2) is 7.80. The number of carbonyl (C=O) groups is 1. The summed E-state index contributed by atoms with van der Waals surface area (Å²) < 4.78 is 0. The number of likely N-dealkylation sites (tertiary alicyclic amines) is 2. The summed E-state index contributed by atoms with van der Waals surface area (Å²) in [7, 11) is 2.25. The first-order valence-electron chi connectivity index (χ1n) is 8.45. The second-order valence-corrected chi connectivity index (χ2v) is 6.91. The standard InChI is InChI=1S/C16H29N3O.ClH/c1-18-10-3-4-13-12-19(11-8-15(13)18)16(20)7-6-14-5-2-9-17-14;/h13-15,17H,2-12H2,1H3;1H. The van der Waals surface area contributed by atoms with Crippen molar-refractivity contribution in [3.63, 3.8) is 0 Å². The average molecular weight is 316 g/mol. The van der Waals surface area contributed by atoms with Gasteiger partial charge in [0.25, 0.3) is 0 Å². The maximum absolute atomic E-state index is 12.4. The van der Waals surface area contributed by atoms with Gasteiger partial charge in [-0.05, 0) is 64.6 Å². The molecule has 122 valence electrons. The number of carbonyl (C=O) groups excluding carboxylic acids is 1. The molecule has 0 saturated carbocycles. The van der Waals surface area contributed by atoms with Crippen molar-refractivity contribution in [2.45, 2.75) is 57.0 Å². The monoisotopic (exact) mass is 315 g/mol. The molecular weight excluding hydrogens is 286 g/mol. The minimum absolute atomic E-state index is 0. The number of hydrogen-bond donors (Lipinski definition) is 1. The summed E-state index contributed by atoms with van der Waals surface area (Å²) in [6.45, 7) is 4.36. The van der Waals surface area contributed by atoms with E-state index in [4.69, 9.17) is 0 Å². The van der Waals surface area contributed by atoms with Crippen LogP contribution in [0.3, 0.4) is 0 Å². The number of halogens is 1. The zero-order valence-corrected chi connectivity index (χ0v) is 14.0. The van der Waals surface area contributed by atoms with E-state index in [1.165, 1.54) is 38.6 Å². The average Bonchev–Trinajstić information content (AvgIpc) is 2.98. The highest BCUT2D eigenvalue weighted by atomic mass is 35.5. The third kappa shape index (κ3) is 4.11. The Morgan fingerprint density at radius 1 is 1.19 bits per heavy atom. The Hall–Kier alpha value is -0.320. The molecule has 0 aromatic heterocycles. The van der Waals surface area contributed by atoms with Crippen molar-refractivity contribution >= 4 is 18.3 Å². The zero-order chi connectivity index (χ0) is 13.9. The zero-order valence-electron chi connectivity index (χ0n) is 13.2. The Kier molecular flexibility index (Phi) is 6.33. The molecule has 0 aliphatic carbocycles. The quantitative estimate of drug-likeness (QED) is 0.864. The third-order valence-electron chi connectivity index (χ3n) is 5.57. The van der Waals surface area contributed by atoms with Crippen LogP contribution in [0.4, 0.5) is 0 Å². The van der Waals surface area contributed by atoms with Crippen LogP contribution in [0.5, 0.6) is 0 Å². The molecule has 3 aliphatic heterocycles. The molecule has 0 bridgehead atoms. The van der Waals surface area contributed by atoms with E-state index >= 15 is 0 Å². The number of rotatable bonds is 3. The molecule has 1 amide bonds. The lowest BCUT2D eigenvalue weighted by Crippen LogP contribution is -2.53. The Labute approximate surface area is 135 Å². The lowest BCUT2D eigenvalue weighted by Gasteiger charge is -2.46. The first-order chi connectivity index (χ1) is 9.74.